The molecule has 0 heterocycles. The standard InChI is InChI=1S/C16H25N3OS.HI/c1-17-16(19-13-6-9-15(10-13)21-3)18-11-12-4-7-14(20-2)8-5-12;/h4-5,7-8,13,15H,6,9-11H2,1-3H3,(H2,17,18,19);1H. The minimum Gasteiger partial charge on any atom is -0.497 e. The molecule has 0 spiro atoms. The highest BCUT2D eigenvalue weighted by Gasteiger charge is 2.24. The number of rotatable bonds is 5. The minimum atomic E-state index is 0. The van der Waals surface area contributed by atoms with Gasteiger partial charge in [0.25, 0.3) is 0 Å². The first-order chi connectivity index (χ1) is 10.2. The van der Waals surface area contributed by atoms with Crippen LogP contribution in [0.25, 0.3) is 0 Å². The third-order valence-electron chi connectivity index (χ3n) is 3.90. The lowest BCUT2D eigenvalue weighted by molar-refractivity contribution is 0.414. The molecule has 2 unspecified atom stereocenters. The van der Waals surface area contributed by atoms with Gasteiger partial charge in [0.05, 0.1) is 7.11 Å². The first kappa shape index (κ1) is 19.4. The second-order valence-electron chi connectivity index (χ2n) is 5.29. The lowest BCUT2D eigenvalue weighted by Crippen LogP contribution is -2.42. The Kier molecular flexibility index (Phi) is 9.00. The predicted molar refractivity (Wildman–Crippen MR) is 107 cm³/mol. The number of hydrogen-bond donors (Lipinski definition) is 2. The summed E-state index contributed by atoms with van der Waals surface area (Å²) in [5.41, 5.74) is 1.21. The van der Waals surface area contributed by atoms with Crippen LogP contribution in [-0.4, -0.2) is 37.7 Å². The molecule has 1 aliphatic rings. The van der Waals surface area contributed by atoms with E-state index in [1.165, 1.54) is 24.8 Å². The Labute approximate surface area is 154 Å². The molecule has 22 heavy (non-hydrogen) atoms. The maximum Gasteiger partial charge on any atom is 0.191 e. The van der Waals surface area contributed by atoms with Gasteiger partial charge in [-0.3, -0.25) is 4.99 Å². The molecule has 6 heteroatoms. The Bertz CT molecular complexity index is 467. The van der Waals surface area contributed by atoms with Gasteiger partial charge in [0.15, 0.2) is 5.96 Å². The molecule has 1 aliphatic carbocycles. The molecule has 1 aromatic rings. The number of guanidine groups is 1. The maximum atomic E-state index is 5.17. The van der Waals surface area contributed by atoms with E-state index < -0.39 is 0 Å². The molecule has 1 saturated carbocycles. The summed E-state index contributed by atoms with van der Waals surface area (Å²) in [6.45, 7) is 0.766. The summed E-state index contributed by atoms with van der Waals surface area (Å²) in [6, 6.07) is 8.64. The minimum absolute atomic E-state index is 0. The van der Waals surface area contributed by atoms with Gasteiger partial charge >= 0.3 is 0 Å². The summed E-state index contributed by atoms with van der Waals surface area (Å²) in [5, 5.41) is 7.69. The SMILES string of the molecule is CN=C(NCc1ccc(OC)cc1)NC1CCC(SC)C1.I. The zero-order valence-corrected chi connectivity index (χ0v) is 16.6. The normalized spacial score (nSPS) is 21.1. The van der Waals surface area contributed by atoms with Crippen LogP contribution in [0.2, 0.25) is 0 Å². The van der Waals surface area contributed by atoms with Gasteiger partial charge in [-0.25, -0.2) is 0 Å². The third kappa shape index (κ3) is 5.87. The van der Waals surface area contributed by atoms with Crippen molar-refractivity contribution < 1.29 is 4.74 Å². The van der Waals surface area contributed by atoms with Gasteiger partial charge in [0.2, 0.25) is 0 Å². The van der Waals surface area contributed by atoms with Crippen molar-refractivity contribution in [3.05, 3.63) is 29.8 Å². The first-order valence-electron chi connectivity index (χ1n) is 7.38. The molecule has 4 nitrogen and oxygen atoms in total. The van der Waals surface area contributed by atoms with Gasteiger partial charge in [-0.2, -0.15) is 11.8 Å². The molecule has 0 amide bonds. The van der Waals surface area contributed by atoms with Crippen LogP contribution in [0.15, 0.2) is 29.3 Å². The molecule has 2 atom stereocenters. The number of thioether (sulfide) groups is 1. The van der Waals surface area contributed by atoms with Crippen molar-refractivity contribution in [2.24, 2.45) is 4.99 Å². The zero-order chi connectivity index (χ0) is 15.1. The van der Waals surface area contributed by atoms with E-state index in [2.05, 4.69) is 34.0 Å². The van der Waals surface area contributed by atoms with Gasteiger partial charge in [-0.15, -0.1) is 24.0 Å². The number of benzene rings is 1. The van der Waals surface area contributed by atoms with Gasteiger partial charge in [-0.1, -0.05) is 12.1 Å². The van der Waals surface area contributed by atoms with Crippen LogP contribution in [0.3, 0.4) is 0 Å². The molecule has 2 N–H and O–H groups in total. The summed E-state index contributed by atoms with van der Waals surface area (Å²) < 4.78 is 5.17. The molecule has 0 saturated heterocycles. The van der Waals surface area contributed by atoms with Crippen LogP contribution in [0.4, 0.5) is 0 Å². The second kappa shape index (κ2) is 10.2. The summed E-state index contributed by atoms with van der Waals surface area (Å²) in [6.07, 6.45) is 5.96. The van der Waals surface area contributed by atoms with Crippen molar-refractivity contribution in [3.8, 4) is 5.75 Å². The van der Waals surface area contributed by atoms with Crippen molar-refractivity contribution in [2.75, 3.05) is 20.4 Å². The fraction of sp³-hybridized carbons (Fsp3) is 0.562. The molecule has 0 bridgehead atoms. The first-order valence-corrected chi connectivity index (χ1v) is 8.67. The van der Waals surface area contributed by atoms with Crippen LogP contribution in [0, 0.1) is 0 Å². The molecule has 2 rings (SSSR count). The van der Waals surface area contributed by atoms with E-state index in [0.29, 0.717) is 6.04 Å². The highest BCUT2D eigenvalue weighted by molar-refractivity contribution is 14.0. The molecule has 124 valence electrons. The summed E-state index contributed by atoms with van der Waals surface area (Å²) in [5.74, 6) is 1.77. The Hall–Kier alpha value is -0.630. The number of nitrogens with zero attached hydrogens (tertiary/aromatic N) is 1. The lowest BCUT2D eigenvalue weighted by Gasteiger charge is -2.17. The molecule has 0 aliphatic heterocycles. The van der Waals surface area contributed by atoms with Crippen LogP contribution in [0.5, 0.6) is 5.75 Å². The van der Waals surface area contributed by atoms with Crippen molar-refractivity contribution in [2.45, 2.75) is 37.1 Å². The monoisotopic (exact) mass is 435 g/mol. The Balaban J connectivity index is 0.00000242. The summed E-state index contributed by atoms with van der Waals surface area (Å²) in [7, 11) is 3.51. The Morgan fingerprint density at radius 2 is 2.05 bits per heavy atom. The van der Waals surface area contributed by atoms with E-state index >= 15 is 0 Å². The molecule has 0 radical (unpaired) electrons. The average Bonchev–Trinajstić information content (AvgIpc) is 2.99. The number of halogens is 1. The number of hydrogen-bond acceptors (Lipinski definition) is 3. The molecular formula is C16H26IN3OS. The molecular weight excluding hydrogens is 409 g/mol. The van der Waals surface area contributed by atoms with Crippen molar-refractivity contribution in [1.29, 1.82) is 0 Å². The van der Waals surface area contributed by atoms with E-state index in [4.69, 9.17) is 4.74 Å². The lowest BCUT2D eigenvalue weighted by atomic mass is 10.2. The number of ether oxygens (including phenoxy) is 1. The van der Waals surface area contributed by atoms with E-state index in [-0.39, 0.29) is 24.0 Å². The third-order valence-corrected chi connectivity index (χ3v) is 5.00. The van der Waals surface area contributed by atoms with Crippen LogP contribution >= 0.6 is 35.7 Å². The van der Waals surface area contributed by atoms with Crippen LogP contribution < -0.4 is 15.4 Å². The van der Waals surface area contributed by atoms with Gasteiger partial charge in [0.1, 0.15) is 5.75 Å². The van der Waals surface area contributed by atoms with Crippen molar-refractivity contribution in [1.82, 2.24) is 10.6 Å². The number of aliphatic imine (C=N–C) groups is 1. The topological polar surface area (TPSA) is 45.7 Å². The summed E-state index contributed by atoms with van der Waals surface area (Å²) >= 11 is 1.97. The van der Waals surface area contributed by atoms with Gasteiger partial charge in [-0.05, 0) is 43.2 Å². The fourth-order valence-corrected chi connectivity index (χ4v) is 3.40. The van der Waals surface area contributed by atoms with Crippen LogP contribution in [0.1, 0.15) is 24.8 Å². The van der Waals surface area contributed by atoms with E-state index in [9.17, 15) is 0 Å². The van der Waals surface area contributed by atoms with Crippen molar-refractivity contribution >= 4 is 41.7 Å². The highest BCUT2D eigenvalue weighted by atomic mass is 127. The second-order valence-corrected chi connectivity index (χ2v) is 6.42. The Morgan fingerprint density at radius 1 is 1.32 bits per heavy atom. The van der Waals surface area contributed by atoms with E-state index in [0.717, 1.165) is 23.5 Å². The van der Waals surface area contributed by atoms with E-state index in [1.807, 2.05) is 30.9 Å². The van der Waals surface area contributed by atoms with Gasteiger partial charge in [0, 0.05) is 24.9 Å². The summed E-state index contributed by atoms with van der Waals surface area (Å²) in [4.78, 5) is 4.31. The van der Waals surface area contributed by atoms with Gasteiger partial charge < -0.3 is 15.4 Å². The predicted octanol–water partition coefficient (Wildman–Crippen LogP) is 3.26. The maximum absolute atomic E-state index is 5.17. The largest absolute Gasteiger partial charge is 0.497 e. The molecule has 0 aromatic heterocycles. The Morgan fingerprint density at radius 3 is 2.59 bits per heavy atom. The smallest absolute Gasteiger partial charge is 0.191 e. The number of nitrogens with one attached hydrogen (secondary N) is 2. The number of methoxy groups -OCH3 is 1. The van der Waals surface area contributed by atoms with E-state index in [1.54, 1.807) is 7.11 Å². The fourth-order valence-electron chi connectivity index (χ4n) is 2.60. The average molecular weight is 435 g/mol. The van der Waals surface area contributed by atoms with Crippen molar-refractivity contribution in [3.63, 3.8) is 0 Å². The van der Waals surface area contributed by atoms with Crippen LogP contribution in [-0.2, 0) is 6.54 Å². The quantitative estimate of drug-likeness (QED) is 0.424. The highest BCUT2D eigenvalue weighted by Crippen LogP contribution is 2.28. The molecule has 1 fully saturated rings. The molecule has 1 aromatic carbocycles. The zero-order valence-electron chi connectivity index (χ0n) is 13.5.